The third-order valence-corrected chi connectivity index (χ3v) is 3.38. The van der Waals surface area contributed by atoms with Gasteiger partial charge >= 0.3 is 0 Å². The molecule has 0 radical (unpaired) electrons. The second kappa shape index (κ2) is 3.26. The maximum Gasteiger partial charge on any atom is 0.128 e. The number of fused-ring (bicyclic) bond motifs is 1. The fourth-order valence-electron chi connectivity index (χ4n) is 2.44. The molecule has 1 aliphatic carbocycles. The SMILES string of the molecule is CC(C)c1nn(C2CC2)c2c1CCCN2. The predicted molar refractivity (Wildman–Crippen MR) is 61.4 cm³/mol. The van der Waals surface area contributed by atoms with Gasteiger partial charge in [0, 0.05) is 12.1 Å². The molecule has 2 aliphatic rings. The number of nitrogens with one attached hydrogen (secondary N) is 1. The van der Waals surface area contributed by atoms with Crippen molar-refractivity contribution >= 4 is 5.82 Å². The summed E-state index contributed by atoms with van der Waals surface area (Å²) in [5, 5.41) is 8.34. The Hall–Kier alpha value is -0.990. The van der Waals surface area contributed by atoms with Gasteiger partial charge in [-0.05, 0) is 31.6 Å². The summed E-state index contributed by atoms with van der Waals surface area (Å²) in [5.74, 6) is 1.88. The van der Waals surface area contributed by atoms with Crippen molar-refractivity contribution in [2.24, 2.45) is 0 Å². The Morgan fingerprint density at radius 3 is 2.87 bits per heavy atom. The van der Waals surface area contributed by atoms with Gasteiger partial charge in [-0.3, -0.25) is 0 Å². The van der Waals surface area contributed by atoms with Gasteiger partial charge in [-0.2, -0.15) is 5.10 Å². The highest BCUT2D eigenvalue weighted by Gasteiger charge is 2.31. The molecule has 3 rings (SSSR count). The average Bonchev–Trinajstić information content (AvgIpc) is 2.99. The molecule has 1 aromatic heterocycles. The van der Waals surface area contributed by atoms with Gasteiger partial charge in [0.25, 0.3) is 0 Å². The van der Waals surface area contributed by atoms with Crippen LogP contribution >= 0.6 is 0 Å². The molecule has 0 amide bonds. The van der Waals surface area contributed by atoms with Gasteiger partial charge in [-0.1, -0.05) is 13.8 Å². The van der Waals surface area contributed by atoms with Crippen LogP contribution in [0.4, 0.5) is 5.82 Å². The normalized spacial score (nSPS) is 20.2. The van der Waals surface area contributed by atoms with E-state index in [2.05, 4.69) is 23.8 Å². The summed E-state index contributed by atoms with van der Waals surface area (Å²) in [6.07, 6.45) is 5.09. The molecular weight excluding hydrogens is 186 g/mol. The van der Waals surface area contributed by atoms with Crippen LogP contribution in [-0.2, 0) is 6.42 Å². The Kier molecular flexibility index (Phi) is 2.01. The molecule has 3 nitrogen and oxygen atoms in total. The molecule has 1 saturated carbocycles. The van der Waals surface area contributed by atoms with Crippen LogP contribution in [0.1, 0.15) is 56.3 Å². The van der Waals surface area contributed by atoms with E-state index in [1.54, 1.807) is 0 Å². The van der Waals surface area contributed by atoms with Crippen LogP contribution in [0.25, 0.3) is 0 Å². The van der Waals surface area contributed by atoms with Crippen LogP contribution in [0.15, 0.2) is 0 Å². The lowest BCUT2D eigenvalue weighted by atomic mass is 10.00. The van der Waals surface area contributed by atoms with Gasteiger partial charge in [0.05, 0.1) is 11.7 Å². The zero-order chi connectivity index (χ0) is 10.4. The van der Waals surface area contributed by atoms with E-state index >= 15 is 0 Å². The van der Waals surface area contributed by atoms with Gasteiger partial charge in [-0.15, -0.1) is 0 Å². The van der Waals surface area contributed by atoms with Gasteiger partial charge in [0.1, 0.15) is 5.82 Å². The minimum absolute atomic E-state index is 0.554. The first-order valence-corrected chi connectivity index (χ1v) is 6.12. The molecule has 15 heavy (non-hydrogen) atoms. The van der Waals surface area contributed by atoms with Crippen molar-refractivity contribution in [2.45, 2.75) is 51.5 Å². The summed E-state index contributed by atoms with van der Waals surface area (Å²) in [4.78, 5) is 0. The second-order valence-electron chi connectivity index (χ2n) is 5.07. The molecular formula is C12H19N3. The fraction of sp³-hybridized carbons (Fsp3) is 0.750. The molecule has 0 atom stereocenters. The van der Waals surface area contributed by atoms with Crippen molar-refractivity contribution in [3.05, 3.63) is 11.3 Å². The lowest BCUT2D eigenvalue weighted by Crippen LogP contribution is -2.14. The number of anilines is 1. The van der Waals surface area contributed by atoms with E-state index in [4.69, 9.17) is 5.10 Å². The molecule has 0 saturated heterocycles. The summed E-state index contributed by atoms with van der Waals surface area (Å²) in [6.45, 7) is 5.60. The van der Waals surface area contributed by atoms with Crippen molar-refractivity contribution in [1.29, 1.82) is 0 Å². The first-order chi connectivity index (χ1) is 7.27. The van der Waals surface area contributed by atoms with Gasteiger partial charge in [0.15, 0.2) is 0 Å². The van der Waals surface area contributed by atoms with E-state index in [1.807, 2.05) is 0 Å². The molecule has 1 aromatic rings. The van der Waals surface area contributed by atoms with E-state index in [9.17, 15) is 0 Å². The van der Waals surface area contributed by atoms with Crippen molar-refractivity contribution < 1.29 is 0 Å². The monoisotopic (exact) mass is 205 g/mol. The van der Waals surface area contributed by atoms with Crippen LogP contribution in [0, 0.1) is 0 Å². The highest BCUT2D eigenvalue weighted by Crippen LogP contribution is 2.40. The van der Waals surface area contributed by atoms with Crippen LogP contribution in [0.5, 0.6) is 0 Å². The average molecular weight is 205 g/mol. The summed E-state index contributed by atoms with van der Waals surface area (Å²) >= 11 is 0. The lowest BCUT2D eigenvalue weighted by Gasteiger charge is -2.16. The molecule has 82 valence electrons. The van der Waals surface area contributed by atoms with Crippen molar-refractivity contribution in [2.75, 3.05) is 11.9 Å². The predicted octanol–water partition coefficient (Wildman–Crippen LogP) is 2.70. The van der Waals surface area contributed by atoms with Crippen molar-refractivity contribution in [1.82, 2.24) is 9.78 Å². The zero-order valence-electron chi connectivity index (χ0n) is 9.58. The number of rotatable bonds is 2. The minimum Gasteiger partial charge on any atom is -0.370 e. The van der Waals surface area contributed by atoms with Crippen LogP contribution in [0.3, 0.4) is 0 Å². The first kappa shape index (κ1) is 9.25. The maximum atomic E-state index is 4.81. The summed E-state index contributed by atoms with van der Waals surface area (Å²) in [5.41, 5.74) is 2.81. The van der Waals surface area contributed by atoms with Gasteiger partial charge in [-0.25, -0.2) is 4.68 Å². The van der Waals surface area contributed by atoms with Crippen molar-refractivity contribution in [3.63, 3.8) is 0 Å². The van der Waals surface area contributed by atoms with Crippen LogP contribution < -0.4 is 5.32 Å². The topological polar surface area (TPSA) is 29.9 Å². The van der Waals surface area contributed by atoms with Crippen molar-refractivity contribution in [3.8, 4) is 0 Å². The third kappa shape index (κ3) is 1.45. The standard InChI is InChI=1S/C12H19N3/c1-8(2)11-10-4-3-7-13-12(10)15(14-11)9-5-6-9/h8-9,13H,3-7H2,1-2H3. The second-order valence-corrected chi connectivity index (χ2v) is 5.07. The quantitative estimate of drug-likeness (QED) is 0.804. The molecule has 1 aliphatic heterocycles. The summed E-state index contributed by atoms with van der Waals surface area (Å²) in [7, 11) is 0. The highest BCUT2D eigenvalue weighted by molar-refractivity contribution is 5.51. The third-order valence-electron chi connectivity index (χ3n) is 3.38. The Morgan fingerprint density at radius 1 is 1.40 bits per heavy atom. The smallest absolute Gasteiger partial charge is 0.128 e. The van der Waals surface area contributed by atoms with Gasteiger partial charge in [0.2, 0.25) is 0 Å². The molecule has 1 N–H and O–H groups in total. The highest BCUT2D eigenvalue weighted by atomic mass is 15.4. The van der Waals surface area contributed by atoms with E-state index < -0.39 is 0 Å². The number of hydrogen-bond acceptors (Lipinski definition) is 2. The first-order valence-electron chi connectivity index (χ1n) is 6.12. The minimum atomic E-state index is 0.554. The Labute approximate surface area is 90.9 Å². The molecule has 1 fully saturated rings. The molecule has 0 bridgehead atoms. The molecule has 0 spiro atoms. The Balaban J connectivity index is 2.08. The maximum absolute atomic E-state index is 4.81. The van der Waals surface area contributed by atoms with Crippen LogP contribution in [0.2, 0.25) is 0 Å². The Morgan fingerprint density at radius 2 is 2.20 bits per heavy atom. The fourth-order valence-corrected chi connectivity index (χ4v) is 2.44. The Bertz CT molecular complexity index is 348. The van der Waals surface area contributed by atoms with E-state index in [-0.39, 0.29) is 0 Å². The summed E-state index contributed by atoms with van der Waals surface area (Å²) in [6, 6.07) is 0.692. The molecule has 0 aromatic carbocycles. The van der Waals surface area contributed by atoms with E-state index in [1.165, 1.54) is 42.8 Å². The number of hydrogen-bond donors (Lipinski definition) is 1. The van der Waals surface area contributed by atoms with E-state index in [0.717, 1.165) is 6.54 Å². The lowest BCUT2D eigenvalue weighted by molar-refractivity contribution is 0.623. The summed E-state index contributed by atoms with van der Waals surface area (Å²) < 4.78 is 2.25. The molecule has 3 heteroatoms. The molecule has 0 unspecified atom stereocenters. The van der Waals surface area contributed by atoms with Crippen LogP contribution in [-0.4, -0.2) is 16.3 Å². The van der Waals surface area contributed by atoms with E-state index in [0.29, 0.717) is 12.0 Å². The zero-order valence-corrected chi connectivity index (χ0v) is 9.58. The molecule has 2 heterocycles. The largest absolute Gasteiger partial charge is 0.370 e. The number of aromatic nitrogens is 2. The number of nitrogens with zero attached hydrogens (tertiary/aromatic N) is 2. The van der Waals surface area contributed by atoms with Gasteiger partial charge < -0.3 is 5.32 Å².